The van der Waals surface area contributed by atoms with Gasteiger partial charge in [0.25, 0.3) is 0 Å². The summed E-state index contributed by atoms with van der Waals surface area (Å²) in [6.45, 7) is 4.90. The second kappa shape index (κ2) is 12.0. The SMILES string of the molecule is COC(=O)CC(C)=NC(C(=O)N[C@@H]1C(=O)N2[C@@H]1SC(C)(C)[C@@H]2C(=O)OCc1oc(=O)oc1CBr)c1ccccc1. The van der Waals surface area contributed by atoms with Crippen LogP contribution in [0.15, 0.2) is 49.0 Å². The van der Waals surface area contributed by atoms with Crippen molar-refractivity contribution in [3.8, 4) is 0 Å². The molecule has 2 aliphatic heterocycles. The molecule has 4 atom stereocenters. The Morgan fingerprint density at radius 3 is 2.50 bits per heavy atom. The number of amides is 2. The number of carbonyl (C=O) groups is 4. The molecule has 0 radical (unpaired) electrons. The number of esters is 2. The first-order valence-corrected chi connectivity index (χ1v) is 14.3. The third-order valence-corrected chi connectivity index (χ3v) is 8.57. The fraction of sp³-hybridized carbons (Fsp3) is 0.462. The van der Waals surface area contributed by atoms with E-state index < -0.39 is 57.8 Å². The summed E-state index contributed by atoms with van der Waals surface area (Å²) >= 11 is 4.54. The summed E-state index contributed by atoms with van der Waals surface area (Å²) in [5.74, 6) is -2.74. The molecule has 1 N–H and O–H groups in total. The molecular formula is C26H28BrN3O9S. The number of nitrogens with zero attached hydrogens (tertiary/aromatic N) is 2. The van der Waals surface area contributed by atoms with Gasteiger partial charge < -0.3 is 28.5 Å². The third-order valence-electron chi connectivity index (χ3n) is 6.49. The Bertz CT molecular complexity index is 1390. The topological polar surface area (TPSA) is 158 Å². The van der Waals surface area contributed by atoms with Gasteiger partial charge in [-0.1, -0.05) is 46.3 Å². The average Bonchev–Trinajstić information content (AvgIpc) is 3.42. The van der Waals surface area contributed by atoms with Crippen molar-refractivity contribution < 1.29 is 37.5 Å². The van der Waals surface area contributed by atoms with Gasteiger partial charge in [-0.3, -0.25) is 19.4 Å². The summed E-state index contributed by atoms with van der Waals surface area (Å²) < 4.78 is 19.2. The Hall–Kier alpha value is -3.39. The van der Waals surface area contributed by atoms with Crippen molar-refractivity contribution in [2.24, 2.45) is 4.99 Å². The number of carbonyl (C=O) groups excluding carboxylic acids is 4. The minimum absolute atomic E-state index is 0.0744. The molecule has 2 amide bonds. The molecule has 40 heavy (non-hydrogen) atoms. The van der Waals surface area contributed by atoms with E-state index in [4.69, 9.17) is 13.6 Å². The molecule has 0 aliphatic carbocycles. The third kappa shape index (κ3) is 6.02. The number of methoxy groups -OCH3 is 1. The van der Waals surface area contributed by atoms with Crippen LogP contribution in [-0.4, -0.2) is 63.7 Å². The zero-order chi connectivity index (χ0) is 29.2. The molecule has 2 fully saturated rings. The van der Waals surface area contributed by atoms with Crippen molar-refractivity contribution in [3.05, 3.63) is 58.0 Å². The maximum atomic E-state index is 13.4. The smallest absolute Gasteiger partial charge is 0.469 e. The largest absolute Gasteiger partial charge is 0.519 e. The van der Waals surface area contributed by atoms with Crippen LogP contribution in [0.4, 0.5) is 0 Å². The highest BCUT2D eigenvalue weighted by molar-refractivity contribution is 9.08. The van der Waals surface area contributed by atoms with Gasteiger partial charge in [-0.05, 0) is 26.3 Å². The average molecular weight is 638 g/mol. The van der Waals surface area contributed by atoms with Crippen LogP contribution in [0.25, 0.3) is 0 Å². The summed E-state index contributed by atoms with van der Waals surface area (Å²) in [5, 5.41) is 2.47. The van der Waals surface area contributed by atoms with Crippen molar-refractivity contribution in [1.82, 2.24) is 10.2 Å². The number of rotatable bonds is 10. The number of hydrogen-bond acceptors (Lipinski definition) is 11. The first-order valence-electron chi connectivity index (χ1n) is 12.3. The molecular weight excluding hydrogens is 610 g/mol. The summed E-state index contributed by atoms with van der Waals surface area (Å²) in [6, 6.07) is 5.97. The molecule has 0 bridgehead atoms. The minimum atomic E-state index is -0.999. The first kappa shape index (κ1) is 29.6. The van der Waals surface area contributed by atoms with Crippen LogP contribution in [-0.2, 0) is 40.6 Å². The number of ether oxygens (including phenoxy) is 2. The number of alkyl halides is 1. The molecule has 214 valence electrons. The zero-order valence-corrected chi connectivity index (χ0v) is 24.6. The van der Waals surface area contributed by atoms with Gasteiger partial charge in [0.05, 0.1) is 18.9 Å². The molecule has 0 spiro atoms. The van der Waals surface area contributed by atoms with Crippen LogP contribution < -0.4 is 11.1 Å². The van der Waals surface area contributed by atoms with Gasteiger partial charge >= 0.3 is 17.8 Å². The fourth-order valence-electron chi connectivity index (χ4n) is 4.59. The molecule has 4 rings (SSSR count). The van der Waals surface area contributed by atoms with Crippen molar-refractivity contribution in [3.63, 3.8) is 0 Å². The summed E-state index contributed by atoms with van der Waals surface area (Å²) in [7, 11) is 1.27. The Labute approximate surface area is 242 Å². The summed E-state index contributed by atoms with van der Waals surface area (Å²) in [5.41, 5.74) is 0.982. The van der Waals surface area contributed by atoms with Gasteiger partial charge in [-0.15, -0.1) is 11.8 Å². The van der Waals surface area contributed by atoms with Crippen LogP contribution in [0.1, 0.15) is 50.3 Å². The monoisotopic (exact) mass is 637 g/mol. The van der Waals surface area contributed by atoms with E-state index in [1.807, 2.05) is 13.8 Å². The lowest BCUT2D eigenvalue weighted by atomic mass is 9.95. The lowest BCUT2D eigenvalue weighted by molar-refractivity contribution is -0.165. The zero-order valence-electron chi connectivity index (χ0n) is 22.2. The van der Waals surface area contributed by atoms with Crippen LogP contribution in [0, 0.1) is 0 Å². The first-order chi connectivity index (χ1) is 19.0. The molecule has 0 saturated carbocycles. The van der Waals surface area contributed by atoms with E-state index in [9.17, 15) is 24.0 Å². The van der Waals surface area contributed by atoms with Crippen LogP contribution in [0.3, 0.4) is 0 Å². The van der Waals surface area contributed by atoms with Crippen molar-refractivity contribution in [2.45, 2.75) is 67.4 Å². The summed E-state index contributed by atoms with van der Waals surface area (Å²) in [4.78, 5) is 68.7. The van der Waals surface area contributed by atoms with Gasteiger partial charge in [0.1, 0.15) is 17.5 Å². The number of hydrogen-bond donors (Lipinski definition) is 1. The van der Waals surface area contributed by atoms with Gasteiger partial charge in [-0.25, -0.2) is 9.59 Å². The number of thioether (sulfide) groups is 1. The quantitative estimate of drug-likeness (QED) is 0.177. The number of nitrogens with one attached hydrogen (secondary N) is 1. The molecule has 2 aliphatic rings. The predicted octanol–water partition coefficient (Wildman–Crippen LogP) is 2.48. The van der Waals surface area contributed by atoms with Gasteiger partial charge in [0.2, 0.25) is 11.8 Å². The van der Waals surface area contributed by atoms with E-state index >= 15 is 0 Å². The highest BCUT2D eigenvalue weighted by Gasteiger charge is 2.64. The molecule has 1 aromatic carbocycles. The van der Waals surface area contributed by atoms with E-state index in [0.29, 0.717) is 11.3 Å². The van der Waals surface area contributed by atoms with E-state index in [-0.39, 0.29) is 29.9 Å². The Morgan fingerprint density at radius 1 is 1.18 bits per heavy atom. The second-order valence-corrected chi connectivity index (χ2v) is 12.1. The maximum Gasteiger partial charge on any atom is 0.519 e. The lowest BCUT2D eigenvalue weighted by Crippen LogP contribution is -2.71. The van der Waals surface area contributed by atoms with Crippen LogP contribution in [0.5, 0.6) is 0 Å². The van der Waals surface area contributed by atoms with E-state index in [0.717, 1.165) is 0 Å². The Morgan fingerprint density at radius 2 is 1.85 bits per heavy atom. The Kier molecular flexibility index (Phi) is 8.88. The highest BCUT2D eigenvalue weighted by atomic mass is 79.9. The number of β-lactam (4-membered cyclic amide) rings is 1. The van der Waals surface area contributed by atoms with E-state index in [1.54, 1.807) is 37.3 Å². The fourth-order valence-corrected chi connectivity index (χ4v) is 6.64. The van der Waals surface area contributed by atoms with Crippen LogP contribution >= 0.6 is 27.7 Å². The van der Waals surface area contributed by atoms with Gasteiger partial charge in [0, 0.05) is 10.5 Å². The predicted molar refractivity (Wildman–Crippen MR) is 147 cm³/mol. The standard InChI is InChI=1S/C26H28BrN3O9S/c1-13(10-17(31)36-4)28-18(14-8-6-5-7-9-14)21(32)29-19-22(33)30-20(26(2,3)40-23(19)30)24(34)37-12-16-15(11-27)38-25(35)39-16/h5-9,18-20,23H,10-12H2,1-4H3,(H,29,32)/t18?,19-,20+,23-/m1/s1. The van der Waals surface area contributed by atoms with E-state index in [2.05, 4.69) is 31.0 Å². The normalized spacial score (nSPS) is 22.2. The van der Waals surface area contributed by atoms with Gasteiger partial charge in [0.15, 0.2) is 24.2 Å². The number of benzene rings is 1. The molecule has 1 unspecified atom stereocenters. The minimum Gasteiger partial charge on any atom is -0.469 e. The molecule has 2 saturated heterocycles. The van der Waals surface area contributed by atoms with Crippen molar-refractivity contribution >= 4 is 57.2 Å². The molecule has 1 aromatic heterocycles. The lowest BCUT2D eigenvalue weighted by Gasteiger charge is -2.44. The Balaban J connectivity index is 1.47. The number of aliphatic imine (C=N–C) groups is 1. The molecule has 14 heteroatoms. The molecule has 12 nitrogen and oxygen atoms in total. The molecule has 3 heterocycles. The maximum absolute atomic E-state index is 13.4. The van der Waals surface area contributed by atoms with E-state index in [1.165, 1.54) is 23.8 Å². The van der Waals surface area contributed by atoms with Gasteiger partial charge in [-0.2, -0.15) is 0 Å². The number of halogens is 1. The second-order valence-electron chi connectivity index (χ2n) is 9.72. The molecule has 2 aromatic rings. The number of fused-ring (bicyclic) bond motifs is 1. The van der Waals surface area contributed by atoms with Crippen molar-refractivity contribution in [2.75, 3.05) is 7.11 Å². The van der Waals surface area contributed by atoms with Crippen LogP contribution in [0.2, 0.25) is 0 Å². The van der Waals surface area contributed by atoms with Crippen molar-refractivity contribution in [1.29, 1.82) is 0 Å². The summed E-state index contributed by atoms with van der Waals surface area (Å²) in [6.07, 6.45) is -0.0843. The highest BCUT2D eigenvalue weighted by Crippen LogP contribution is 2.51.